The molecule has 0 saturated heterocycles. The number of hydrogen-bond donors (Lipinski definition) is 0. The Bertz CT molecular complexity index is 1060. The summed E-state index contributed by atoms with van der Waals surface area (Å²) >= 11 is 0. The van der Waals surface area contributed by atoms with Crippen LogP contribution in [-0.2, 0) is 30.9 Å². The molecule has 0 unspecified atom stereocenters. The molecular formula is C32H40O4. The number of esters is 2. The summed E-state index contributed by atoms with van der Waals surface area (Å²) in [4.78, 5) is 28.6. The van der Waals surface area contributed by atoms with E-state index in [-0.39, 0.29) is 18.1 Å². The van der Waals surface area contributed by atoms with Gasteiger partial charge in [-0.3, -0.25) is 9.59 Å². The molecular weight excluding hydrogens is 448 g/mol. The predicted octanol–water partition coefficient (Wildman–Crippen LogP) is 7.29. The van der Waals surface area contributed by atoms with E-state index in [9.17, 15) is 9.59 Å². The normalized spacial score (nSPS) is 18.5. The average molecular weight is 489 g/mol. The van der Waals surface area contributed by atoms with Crippen molar-refractivity contribution in [2.45, 2.75) is 109 Å². The summed E-state index contributed by atoms with van der Waals surface area (Å²) in [6, 6.07) is 14.5. The van der Waals surface area contributed by atoms with Crippen LogP contribution in [0, 0.1) is 5.92 Å². The molecule has 3 aliphatic carbocycles. The van der Waals surface area contributed by atoms with Crippen molar-refractivity contribution in [2.75, 3.05) is 0 Å². The second-order valence-corrected chi connectivity index (χ2v) is 11.5. The first-order valence-corrected chi connectivity index (χ1v) is 14.1. The monoisotopic (exact) mass is 488 g/mol. The number of carbonyl (C=O) groups excluding carboxylic acids is 2. The maximum absolute atomic E-state index is 14.3. The zero-order valence-electron chi connectivity index (χ0n) is 21.9. The highest BCUT2D eigenvalue weighted by Crippen LogP contribution is 2.45. The SMILES string of the molecule is CC(C)CC(C(=O)OC1CCCCC1)(C(=O)OC1CCCCC1)c1cccc2c1Cc1ccccc1-2. The predicted molar refractivity (Wildman–Crippen MR) is 142 cm³/mol. The molecule has 0 heterocycles. The molecule has 5 rings (SSSR count). The molecule has 0 aromatic heterocycles. The highest BCUT2D eigenvalue weighted by atomic mass is 16.6. The molecule has 4 heteroatoms. The third kappa shape index (κ3) is 4.84. The van der Waals surface area contributed by atoms with Crippen molar-refractivity contribution in [3.63, 3.8) is 0 Å². The third-order valence-electron chi connectivity index (χ3n) is 8.37. The lowest BCUT2D eigenvalue weighted by molar-refractivity contribution is -0.174. The van der Waals surface area contributed by atoms with Gasteiger partial charge in [0.1, 0.15) is 12.2 Å². The first kappa shape index (κ1) is 25.0. The average Bonchev–Trinajstić information content (AvgIpc) is 3.27. The van der Waals surface area contributed by atoms with E-state index in [0.29, 0.717) is 6.42 Å². The van der Waals surface area contributed by atoms with Crippen molar-refractivity contribution in [3.05, 3.63) is 59.2 Å². The van der Waals surface area contributed by atoms with Crippen LogP contribution in [0.4, 0.5) is 0 Å². The van der Waals surface area contributed by atoms with Crippen LogP contribution in [0.15, 0.2) is 42.5 Å². The molecule has 2 aromatic rings. The van der Waals surface area contributed by atoms with Gasteiger partial charge >= 0.3 is 11.9 Å². The summed E-state index contributed by atoms with van der Waals surface area (Å²) in [6.07, 6.45) is 11.0. The van der Waals surface area contributed by atoms with Crippen LogP contribution < -0.4 is 0 Å². The minimum absolute atomic E-state index is 0.113. The minimum Gasteiger partial charge on any atom is -0.461 e. The van der Waals surface area contributed by atoms with E-state index in [1.165, 1.54) is 24.0 Å². The van der Waals surface area contributed by atoms with Crippen molar-refractivity contribution in [1.82, 2.24) is 0 Å². The summed E-state index contributed by atoms with van der Waals surface area (Å²) in [7, 11) is 0. The lowest BCUT2D eigenvalue weighted by atomic mass is 9.71. The van der Waals surface area contributed by atoms with Crippen LogP contribution in [0.1, 0.15) is 101 Å². The van der Waals surface area contributed by atoms with E-state index in [2.05, 4.69) is 44.2 Å². The van der Waals surface area contributed by atoms with Crippen LogP contribution in [0.2, 0.25) is 0 Å². The Morgan fingerprint density at radius 1 is 0.778 bits per heavy atom. The van der Waals surface area contributed by atoms with Crippen molar-refractivity contribution in [2.24, 2.45) is 5.92 Å². The Balaban J connectivity index is 1.60. The quantitative estimate of drug-likeness (QED) is 0.259. The maximum Gasteiger partial charge on any atom is 0.328 e. The van der Waals surface area contributed by atoms with Gasteiger partial charge in [0.05, 0.1) is 0 Å². The summed E-state index contributed by atoms with van der Waals surface area (Å²) < 4.78 is 12.4. The van der Waals surface area contributed by atoms with Gasteiger partial charge < -0.3 is 9.47 Å². The minimum atomic E-state index is -1.45. The van der Waals surface area contributed by atoms with Crippen LogP contribution >= 0.6 is 0 Å². The molecule has 4 nitrogen and oxygen atoms in total. The second-order valence-electron chi connectivity index (χ2n) is 11.5. The van der Waals surface area contributed by atoms with E-state index < -0.39 is 17.4 Å². The zero-order valence-corrected chi connectivity index (χ0v) is 21.9. The standard InChI is InChI=1S/C32H40O4/c1-22(2)21-32(30(33)35-24-13-5-3-6-14-24,31(34)36-25-15-7-4-8-16-25)29-19-11-18-27-26-17-10-9-12-23(26)20-28(27)29/h9-12,17-19,22,24-25H,3-8,13-16,20-21H2,1-2H3. The zero-order chi connectivity index (χ0) is 25.1. The molecule has 0 aliphatic heterocycles. The number of carbonyl (C=O) groups is 2. The number of rotatable bonds is 7. The molecule has 0 bridgehead atoms. The lowest BCUT2D eigenvalue weighted by Crippen LogP contribution is -2.50. The Hall–Kier alpha value is -2.62. The molecule has 192 valence electrons. The molecule has 0 atom stereocenters. The Morgan fingerprint density at radius 2 is 1.33 bits per heavy atom. The fourth-order valence-corrected chi connectivity index (χ4v) is 6.62. The van der Waals surface area contributed by atoms with Crippen LogP contribution in [-0.4, -0.2) is 24.1 Å². The van der Waals surface area contributed by atoms with Crippen molar-refractivity contribution >= 4 is 11.9 Å². The van der Waals surface area contributed by atoms with Gasteiger partial charge in [-0.25, -0.2) is 0 Å². The summed E-state index contributed by atoms with van der Waals surface area (Å²) in [6.45, 7) is 4.16. The van der Waals surface area contributed by atoms with E-state index in [0.717, 1.165) is 74.5 Å². The molecule has 3 aliphatic rings. The number of ether oxygens (including phenoxy) is 2. The summed E-state index contributed by atoms with van der Waals surface area (Å²) in [5.74, 6) is -0.705. The van der Waals surface area contributed by atoms with Crippen molar-refractivity contribution in [1.29, 1.82) is 0 Å². The Kier molecular flexibility index (Phi) is 7.50. The smallest absolute Gasteiger partial charge is 0.328 e. The molecule has 2 saturated carbocycles. The number of benzene rings is 2. The van der Waals surface area contributed by atoms with Gasteiger partial charge in [0.25, 0.3) is 0 Å². The molecule has 2 aromatic carbocycles. The molecule has 0 amide bonds. The van der Waals surface area contributed by atoms with E-state index >= 15 is 0 Å². The molecule has 2 fully saturated rings. The Morgan fingerprint density at radius 3 is 1.92 bits per heavy atom. The third-order valence-corrected chi connectivity index (χ3v) is 8.37. The fraction of sp³-hybridized carbons (Fsp3) is 0.562. The largest absolute Gasteiger partial charge is 0.461 e. The van der Waals surface area contributed by atoms with Gasteiger partial charge in [-0.2, -0.15) is 0 Å². The number of fused-ring (bicyclic) bond motifs is 3. The van der Waals surface area contributed by atoms with Crippen LogP contribution in [0.5, 0.6) is 0 Å². The molecule has 0 spiro atoms. The van der Waals surface area contributed by atoms with E-state index in [1.54, 1.807) is 0 Å². The van der Waals surface area contributed by atoms with Crippen LogP contribution in [0.3, 0.4) is 0 Å². The highest BCUT2D eigenvalue weighted by Gasteiger charge is 2.53. The van der Waals surface area contributed by atoms with E-state index in [1.807, 2.05) is 12.1 Å². The van der Waals surface area contributed by atoms with Gasteiger partial charge in [-0.05, 0) is 97.9 Å². The topological polar surface area (TPSA) is 52.6 Å². The Labute approximate surface area is 215 Å². The summed E-state index contributed by atoms with van der Waals surface area (Å²) in [5, 5.41) is 0. The van der Waals surface area contributed by atoms with Gasteiger partial charge in [-0.1, -0.05) is 69.2 Å². The first-order valence-electron chi connectivity index (χ1n) is 14.1. The van der Waals surface area contributed by atoms with Gasteiger partial charge in [0, 0.05) is 0 Å². The van der Waals surface area contributed by atoms with Gasteiger partial charge in [-0.15, -0.1) is 0 Å². The second kappa shape index (κ2) is 10.8. The van der Waals surface area contributed by atoms with E-state index in [4.69, 9.17) is 9.47 Å². The lowest BCUT2D eigenvalue weighted by Gasteiger charge is -2.36. The first-order chi connectivity index (χ1) is 17.5. The fourth-order valence-electron chi connectivity index (χ4n) is 6.62. The summed E-state index contributed by atoms with van der Waals surface area (Å²) in [5.41, 5.74) is 3.95. The van der Waals surface area contributed by atoms with Crippen molar-refractivity contribution < 1.29 is 19.1 Å². The highest BCUT2D eigenvalue weighted by molar-refractivity contribution is 6.07. The maximum atomic E-state index is 14.3. The van der Waals surface area contributed by atoms with Crippen molar-refractivity contribution in [3.8, 4) is 11.1 Å². The molecule has 36 heavy (non-hydrogen) atoms. The van der Waals surface area contributed by atoms with Crippen LogP contribution in [0.25, 0.3) is 11.1 Å². The van der Waals surface area contributed by atoms with Gasteiger partial charge in [0.2, 0.25) is 0 Å². The van der Waals surface area contributed by atoms with Gasteiger partial charge in [0.15, 0.2) is 5.41 Å². The molecule has 0 radical (unpaired) electrons. The number of hydrogen-bond acceptors (Lipinski definition) is 4. The molecule has 0 N–H and O–H groups in total.